The summed E-state index contributed by atoms with van der Waals surface area (Å²) < 4.78 is 7.23. The van der Waals surface area contributed by atoms with Crippen molar-refractivity contribution in [3.8, 4) is 11.3 Å². The molecule has 6 nitrogen and oxygen atoms in total. The number of carbonyl (C=O) groups excluding carboxylic acids is 2. The molecule has 0 aliphatic carbocycles. The summed E-state index contributed by atoms with van der Waals surface area (Å²) >= 11 is 6.18. The molecule has 1 unspecified atom stereocenters. The van der Waals surface area contributed by atoms with Gasteiger partial charge in [-0.1, -0.05) is 84.4 Å². The molecule has 1 fully saturated rings. The van der Waals surface area contributed by atoms with Crippen LogP contribution in [0.5, 0.6) is 0 Å². The molecular formula is C33H34ClN3O3. The van der Waals surface area contributed by atoms with Crippen molar-refractivity contribution in [1.82, 2.24) is 14.4 Å². The first-order valence-corrected chi connectivity index (χ1v) is 14.1. The van der Waals surface area contributed by atoms with Crippen molar-refractivity contribution >= 4 is 23.5 Å². The number of rotatable bonds is 8. The van der Waals surface area contributed by atoms with Crippen molar-refractivity contribution in [1.29, 1.82) is 0 Å². The SMILES string of the molecule is CCOC(=O)c1cc(-c2ccccc2)n(CC(=O)N2CCN(C(c3ccccc3)c3ccc(Cl)cc3)CC2)c1C. The number of ether oxygens (including phenoxy) is 1. The van der Waals surface area contributed by atoms with E-state index in [1.54, 1.807) is 6.92 Å². The second-order valence-corrected chi connectivity index (χ2v) is 10.4. The van der Waals surface area contributed by atoms with Crippen LogP contribution in [0.15, 0.2) is 91.0 Å². The first-order valence-electron chi connectivity index (χ1n) is 13.7. The molecule has 0 spiro atoms. The number of piperazine rings is 1. The van der Waals surface area contributed by atoms with Crippen LogP contribution >= 0.6 is 11.6 Å². The third-order valence-electron chi connectivity index (χ3n) is 7.56. The van der Waals surface area contributed by atoms with Crippen molar-refractivity contribution in [2.75, 3.05) is 32.8 Å². The zero-order valence-corrected chi connectivity index (χ0v) is 23.7. The third-order valence-corrected chi connectivity index (χ3v) is 7.81. The molecule has 2 heterocycles. The van der Waals surface area contributed by atoms with E-state index in [-0.39, 0.29) is 24.5 Å². The number of carbonyl (C=O) groups is 2. The molecule has 206 valence electrons. The largest absolute Gasteiger partial charge is 0.462 e. The van der Waals surface area contributed by atoms with Crippen LogP contribution in [0.25, 0.3) is 11.3 Å². The number of amides is 1. The number of benzene rings is 3. The van der Waals surface area contributed by atoms with Crippen LogP contribution in [0.3, 0.4) is 0 Å². The molecule has 4 aromatic rings. The fourth-order valence-corrected chi connectivity index (χ4v) is 5.60. The highest BCUT2D eigenvalue weighted by molar-refractivity contribution is 6.30. The average molecular weight is 556 g/mol. The molecule has 0 saturated carbocycles. The highest BCUT2D eigenvalue weighted by Crippen LogP contribution is 2.31. The van der Waals surface area contributed by atoms with Crippen molar-refractivity contribution < 1.29 is 14.3 Å². The quantitative estimate of drug-likeness (QED) is 0.242. The molecule has 5 rings (SSSR count). The number of hydrogen-bond donors (Lipinski definition) is 0. The van der Waals surface area contributed by atoms with E-state index in [0.717, 1.165) is 30.0 Å². The highest BCUT2D eigenvalue weighted by Gasteiger charge is 2.29. The molecule has 0 bridgehead atoms. The van der Waals surface area contributed by atoms with Gasteiger partial charge in [0, 0.05) is 42.6 Å². The van der Waals surface area contributed by atoms with E-state index < -0.39 is 0 Å². The summed E-state index contributed by atoms with van der Waals surface area (Å²) in [5, 5.41) is 0.715. The van der Waals surface area contributed by atoms with E-state index in [9.17, 15) is 9.59 Å². The Hall–Kier alpha value is -3.87. The zero-order valence-electron chi connectivity index (χ0n) is 22.9. The number of nitrogens with zero attached hydrogens (tertiary/aromatic N) is 3. The molecular weight excluding hydrogens is 522 g/mol. The van der Waals surface area contributed by atoms with Gasteiger partial charge in [0.05, 0.1) is 18.2 Å². The number of hydrogen-bond acceptors (Lipinski definition) is 4. The van der Waals surface area contributed by atoms with Crippen LogP contribution < -0.4 is 0 Å². The van der Waals surface area contributed by atoms with Gasteiger partial charge < -0.3 is 14.2 Å². The van der Waals surface area contributed by atoms with Gasteiger partial charge in [-0.3, -0.25) is 9.69 Å². The van der Waals surface area contributed by atoms with Crippen molar-refractivity contribution in [3.63, 3.8) is 0 Å². The maximum Gasteiger partial charge on any atom is 0.339 e. The molecule has 1 saturated heterocycles. The van der Waals surface area contributed by atoms with Gasteiger partial charge in [-0.2, -0.15) is 0 Å². The first kappa shape index (κ1) is 27.7. The normalized spacial score (nSPS) is 14.6. The lowest BCUT2D eigenvalue weighted by atomic mass is 9.96. The number of aromatic nitrogens is 1. The summed E-state index contributed by atoms with van der Waals surface area (Å²) in [4.78, 5) is 30.6. The molecule has 7 heteroatoms. The Bertz CT molecular complexity index is 1440. The minimum Gasteiger partial charge on any atom is -0.462 e. The summed E-state index contributed by atoms with van der Waals surface area (Å²) in [7, 11) is 0. The fourth-order valence-electron chi connectivity index (χ4n) is 5.47. The van der Waals surface area contributed by atoms with Crippen LogP contribution in [0.1, 0.15) is 40.1 Å². The van der Waals surface area contributed by atoms with E-state index >= 15 is 0 Å². The Balaban J connectivity index is 1.34. The van der Waals surface area contributed by atoms with Crippen LogP contribution in [-0.4, -0.2) is 59.0 Å². The van der Waals surface area contributed by atoms with E-state index in [4.69, 9.17) is 16.3 Å². The van der Waals surface area contributed by atoms with Crippen LogP contribution in [0.4, 0.5) is 0 Å². The molecule has 0 N–H and O–H groups in total. The molecule has 1 amide bonds. The van der Waals surface area contributed by atoms with Gasteiger partial charge in [-0.25, -0.2) is 4.79 Å². The number of halogens is 1. The average Bonchev–Trinajstić information content (AvgIpc) is 3.31. The number of esters is 1. The minimum atomic E-state index is -0.369. The van der Waals surface area contributed by atoms with Gasteiger partial charge in [-0.15, -0.1) is 0 Å². The van der Waals surface area contributed by atoms with Gasteiger partial charge >= 0.3 is 5.97 Å². The van der Waals surface area contributed by atoms with E-state index in [1.807, 2.05) is 71.0 Å². The van der Waals surface area contributed by atoms with Crippen LogP contribution in [-0.2, 0) is 16.1 Å². The summed E-state index contributed by atoms with van der Waals surface area (Å²) in [6, 6.07) is 30.2. The van der Waals surface area contributed by atoms with Gasteiger partial charge in [0.2, 0.25) is 5.91 Å². The third kappa shape index (κ3) is 5.98. The van der Waals surface area contributed by atoms with Gasteiger partial charge in [-0.05, 0) is 48.7 Å². The summed E-state index contributed by atoms with van der Waals surface area (Å²) in [5.74, 6) is -0.333. The predicted molar refractivity (Wildman–Crippen MR) is 158 cm³/mol. The topological polar surface area (TPSA) is 54.8 Å². The lowest BCUT2D eigenvalue weighted by Gasteiger charge is -2.40. The van der Waals surface area contributed by atoms with Gasteiger partial charge in [0.1, 0.15) is 6.54 Å². The minimum absolute atomic E-state index is 0.0358. The standard InChI is InChI=1S/C33H34ClN3O3/c1-3-40-33(39)29-22-30(25-10-6-4-7-11-25)37(24(29)2)23-31(38)35-18-20-36(21-19-35)32(26-12-8-5-9-13-26)27-14-16-28(34)17-15-27/h4-17,22,32H,3,18-21,23H2,1-2H3. The maximum atomic E-state index is 13.6. The fraction of sp³-hybridized carbons (Fsp3) is 0.273. The summed E-state index contributed by atoms with van der Waals surface area (Å²) in [6.07, 6.45) is 0. The summed E-state index contributed by atoms with van der Waals surface area (Å²) in [5.41, 5.74) is 5.40. The Labute approximate surface area is 240 Å². The van der Waals surface area contributed by atoms with Crippen molar-refractivity contribution in [3.05, 3.63) is 118 Å². The molecule has 3 aromatic carbocycles. The molecule has 1 aliphatic rings. The lowest BCUT2D eigenvalue weighted by molar-refractivity contribution is -0.133. The second kappa shape index (κ2) is 12.5. The Morgan fingerprint density at radius 3 is 2.08 bits per heavy atom. The Morgan fingerprint density at radius 1 is 0.850 bits per heavy atom. The molecule has 1 aliphatic heterocycles. The Kier molecular flexibility index (Phi) is 8.68. The highest BCUT2D eigenvalue weighted by atomic mass is 35.5. The summed E-state index contributed by atoms with van der Waals surface area (Å²) in [6.45, 7) is 6.88. The molecule has 1 atom stereocenters. The molecule has 40 heavy (non-hydrogen) atoms. The van der Waals surface area contributed by atoms with Crippen molar-refractivity contribution in [2.45, 2.75) is 26.4 Å². The van der Waals surface area contributed by atoms with Gasteiger partial charge in [0.15, 0.2) is 0 Å². The first-order chi connectivity index (χ1) is 19.5. The van der Waals surface area contributed by atoms with E-state index in [1.165, 1.54) is 11.1 Å². The Morgan fingerprint density at radius 2 is 1.45 bits per heavy atom. The molecule has 0 radical (unpaired) electrons. The maximum absolute atomic E-state index is 13.6. The second-order valence-electron chi connectivity index (χ2n) is 9.98. The van der Waals surface area contributed by atoms with Crippen LogP contribution in [0.2, 0.25) is 5.02 Å². The monoisotopic (exact) mass is 555 g/mol. The molecule has 1 aromatic heterocycles. The lowest BCUT2D eigenvalue weighted by Crippen LogP contribution is -2.50. The predicted octanol–water partition coefficient (Wildman–Crippen LogP) is 6.23. The van der Waals surface area contributed by atoms with Crippen LogP contribution in [0, 0.1) is 6.92 Å². The zero-order chi connectivity index (χ0) is 28.1. The van der Waals surface area contributed by atoms with Crippen molar-refractivity contribution in [2.24, 2.45) is 0 Å². The van der Waals surface area contributed by atoms with Gasteiger partial charge in [0.25, 0.3) is 0 Å². The smallest absolute Gasteiger partial charge is 0.339 e. The van der Waals surface area contributed by atoms with E-state index in [2.05, 4.69) is 41.3 Å². The van der Waals surface area contributed by atoms with E-state index in [0.29, 0.717) is 30.3 Å².